The summed E-state index contributed by atoms with van der Waals surface area (Å²) in [4.78, 5) is 48.2. The maximum absolute atomic E-state index is 11.7. The minimum atomic E-state index is -1.24. The molecule has 0 fully saturated rings. The van der Waals surface area contributed by atoms with Crippen molar-refractivity contribution in [2.75, 3.05) is 5.32 Å². The Morgan fingerprint density at radius 1 is 1.16 bits per heavy atom. The molecule has 2 heterocycles. The number of carbonyl (C=O) groups excluding carboxylic acids is 1. The van der Waals surface area contributed by atoms with Gasteiger partial charge in [-0.2, -0.15) is 5.10 Å². The number of carboxylic acids is 1. The number of aromatic carboxylic acids is 1. The Hall–Kier alpha value is -3.17. The van der Waals surface area contributed by atoms with E-state index >= 15 is 0 Å². The third kappa shape index (κ3) is 2.74. The molecule has 0 aromatic carbocycles. The highest BCUT2D eigenvalue weighted by atomic mass is 16.4. The van der Waals surface area contributed by atoms with Gasteiger partial charge >= 0.3 is 11.7 Å². The first-order chi connectivity index (χ1) is 8.95. The Balaban J connectivity index is 2.22. The van der Waals surface area contributed by atoms with E-state index in [4.69, 9.17) is 5.11 Å². The van der Waals surface area contributed by atoms with Crippen molar-refractivity contribution in [2.45, 2.75) is 0 Å². The van der Waals surface area contributed by atoms with E-state index in [0.29, 0.717) is 0 Å². The summed E-state index contributed by atoms with van der Waals surface area (Å²) < 4.78 is 0. The molecule has 0 radical (unpaired) electrons. The highest BCUT2D eigenvalue weighted by Gasteiger charge is 2.12. The Morgan fingerprint density at radius 2 is 1.89 bits per heavy atom. The van der Waals surface area contributed by atoms with E-state index in [0.717, 1.165) is 12.1 Å². The van der Waals surface area contributed by atoms with Gasteiger partial charge in [-0.25, -0.2) is 9.59 Å². The Bertz CT molecular complexity index is 726. The van der Waals surface area contributed by atoms with Gasteiger partial charge in [-0.1, -0.05) is 0 Å². The van der Waals surface area contributed by atoms with Crippen LogP contribution in [0.1, 0.15) is 21.0 Å². The van der Waals surface area contributed by atoms with Gasteiger partial charge in [-0.05, 0) is 0 Å². The summed E-state index contributed by atoms with van der Waals surface area (Å²) in [5.41, 5.74) is -2.05. The van der Waals surface area contributed by atoms with Crippen LogP contribution in [0.5, 0.6) is 0 Å². The summed E-state index contributed by atoms with van der Waals surface area (Å²) in [6.45, 7) is 0. The number of carboxylic acid groups (broad SMARTS) is 1. The van der Waals surface area contributed by atoms with Crippen LogP contribution in [0.4, 0.5) is 5.82 Å². The number of amides is 1. The summed E-state index contributed by atoms with van der Waals surface area (Å²) in [6.07, 6.45) is 0. The molecule has 2 aromatic heterocycles. The molecule has 2 rings (SSSR count). The second kappa shape index (κ2) is 4.60. The Labute approximate surface area is 103 Å². The van der Waals surface area contributed by atoms with Crippen molar-refractivity contribution < 1.29 is 14.7 Å². The van der Waals surface area contributed by atoms with Crippen LogP contribution in [-0.2, 0) is 0 Å². The first kappa shape index (κ1) is 12.3. The predicted octanol–water partition coefficient (Wildman–Crippen LogP) is -1.26. The molecule has 0 saturated heterocycles. The van der Waals surface area contributed by atoms with Crippen LogP contribution < -0.4 is 16.6 Å². The average Bonchev–Trinajstić information content (AvgIpc) is 2.76. The van der Waals surface area contributed by atoms with Crippen LogP contribution in [0, 0.1) is 0 Å². The lowest BCUT2D eigenvalue weighted by molar-refractivity contribution is 0.0690. The molecule has 0 aliphatic rings. The molecule has 0 saturated carbocycles. The number of nitrogens with zero attached hydrogens (tertiary/aromatic N) is 1. The van der Waals surface area contributed by atoms with Gasteiger partial charge in [0.05, 0.1) is 0 Å². The fourth-order valence-corrected chi connectivity index (χ4v) is 1.27. The molecule has 0 aliphatic carbocycles. The van der Waals surface area contributed by atoms with E-state index in [1.54, 1.807) is 0 Å². The number of H-pyrrole nitrogens is 3. The summed E-state index contributed by atoms with van der Waals surface area (Å²) in [6, 6.07) is 1.98. The van der Waals surface area contributed by atoms with E-state index in [1.807, 2.05) is 4.98 Å². The first-order valence-electron chi connectivity index (χ1n) is 4.89. The largest absolute Gasteiger partial charge is 0.477 e. The Kier molecular flexibility index (Phi) is 2.98. The van der Waals surface area contributed by atoms with Gasteiger partial charge in [-0.3, -0.25) is 19.7 Å². The van der Waals surface area contributed by atoms with Crippen molar-refractivity contribution >= 4 is 17.7 Å². The van der Waals surface area contributed by atoms with Gasteiger partial charge in [0.15, 0.2) is 5.82 Å². The number of aromatic amines is 3. The molecule has 0 bridgehead atoms. The first-order valence-corrected chi connectivity index (χ1v) is 4.89. The SMILES string of the molecule is O=C(O)c1cc(NC(=O)c2cc(=O)[nH]c(=O)[nH]2)n[nH]1. The molecule has 10 nitrogen and oxygen atoms in total. The normalized spacial score (nSPS) is 10.1. The molecule has 2 aromatic rings. The van der Waals surface area contributed by atoms with Crippen LogP contribution >= 0.6 is 0 Å². The maximum Gasteiger partial charge on any atom is 0.353 e. The molecule has 5 N–H and O–H groups in total. The van der Waals surface area contributed by atoms with Crippen LogP contribution in [0.2, 0.25) is 0 Å². The van der Waals surface area contributed by atoms with Gasteiger partial charge in [0.2, 0.25) is 0 Å². The topological polar surface area (TPSA) is 161 Å². The van der Waals surface area contributed by atoms with Crippen molar-refractivity contribution in [1.82, 2.24) is 20.2 Å². The number of rotatable bonds is 3. The zero-order valence-corrected chi connectivity index (χ0v) is 9.18. The number of nitrogens with one attached hydrogen (secondary N) is 4. The molecule has 10 heteroatoms. The van der Waals surface area contributed by atoms with E-state index < -0.39 is 23.1 Å². The second-order valence-corrected chi connectivity index (χ2v) is 3.43. The van der Waals surface area contributed by atoms with E-state index in [1.165, 1.54) is 0 Å². The van der Waals surface area contributed by atoms with Crippen molar-refractivity contribution in [3.05, 3.63) is 44.4 Å². The van der Waals surface area contributed by atoms with Crippen molar-refractivity contribution in [3.63, 3.8) is 0 Å². The number of anilines is 1. The fourth-order valence-electron chi connectivity index (χ4n) is 1.27. The monoisotopic (exact) mass is 265 g/mol. The summed E-state index contributed by atoms with van der Waals surface area (Å²) in [7, 11) is 0. The molecule has 0 aliphatic heterocycles. The quantitative estimate of drug-likeness (QED) is 0.465. The zero-order chi connectivity index (χ0) is 14.0. The molecule has 98 valence electrons. The third-order valence-corrected chi connectivity index (χ3v) is 2.05. The number of aromatic nitrogens is 4. The molecule has 0 unspecified atom stereocenters. The van der Waals surface area contributed by atoms with Gasteiger partial charge in [-0.15, -0.1) is 0 Å². The van der Waals surface area contributed by atoms with E-state index in [9.17, 15) is 19.2 Å². The van der Waals surface area contributed by atoms with Crippen LogP contribution in [0.25, 0.3) is 0 Å². The number of carbonyl (C=O) groups is 2. The van der Waals surface area contributed by atoms with Gasteiger partial charge in [0.25, 0.3) is 11.5 Å². The third-order valence-electron chi connectivity index (χ3n) is 2.05. The lowest BCUT2D eigenvalue weighted by Gasteiger charge is -1.99. The number of hydrogen-bond acceptors (Lipinski definition) is 5. The molecular weight excluding hydrogens is 258 g/mol. The number of hydrogen-bond donors (Lipinski definition) is 5. The van der Waals surface area contributed by atoms with Crippen molar-refractivity contribution in [3.8, 4) is 0 Å². The lowest BCUT2D eigenvalue weighted by Crippen LogP contribution is -2.27. The summed E-state index contributed by atoms with van der Waals surface area (Å²) in [5.74, 6) is -2.09. The van der Waals surface area contributed by atoms with Crippen LogP contribution in [0.15, 0.2) is 21.7 Å². The average molecular weight is 265 g/mol. The summed E-state index contributed by atoms with van der Waals surface area (Å²) in [5, 5.41) is 16.6. The zero-order valence-electron chi connectivity index (χ0n) is 9.18. The second-order valence-electron chi connectivity index (χ2n) is 3.43. The van der Waals surface area contributed by atoms with Gasteiger partial charge in [0.1, 0.15) is 11.4 Å². The highest BCUT2D eigenvalue weighted by Crippen LogP contribution is 2.06. The maximum atomic E-state index is 11.7. The van der Waals surface area contributed by atoms with Gasteiger partial charge < -0.3 is 15.4 Å². The fraction of sp³-hybridized carbons (Fsp3) is 0. The minimum Gasteiger partial charge on any atom is -0.477 e. The smallest absolute Gasteiger partial charge is 0.353 e. The van der Waals surface area contributed by atoms with Crippen LogP contribution in [-0.4, -0.2) is 37.1 Å². The molecular formula is C9H7N5O5. The van der Waals surface area contributed by atoms with E-state index in [-0.39, 0.29) is 17.2 Å². The highest BCUT2D eigenvalue weighted by molar-refractivity contribution is 6.02. The van der Waals surface area contributed by atoms with Gasteiger partial charge in [0, 0.05) is 12.1 Å². The van der Waals surface area contributed by atoms with Crippen molar-refractivity contribution in [2.24, 2.45) is 0 Å². The Morgan fingerprint density at radius 3 is 2.47 bits per heavy atom. The van der Waals surface area contributed by atoms with E-state index in [2.05, 4.69) is 20.5 Å². The summed E-state index contributed by atoms with van der Waals surface area (Å²) >= 11 is 0. The standard InChI is InChI=1S/C9H7N5O5/c15-6-2-3(10-9(19)12-6)7(16)11-5-1-4(8(17)18)13-14-5/h1-2H,(H,17,18)(H2,10,12,15,19)(H2,11,13,14,16). The lowest BCUT2D eigenvalue weighted by atomic mass is 10.3. The molecule has 0 spiro atoms. The molecule has 1 amide bonds. The predicted molar refractivity (Wildman–Crippen MR) is 61.2 cm³/mol. The molecule has 19 heavy (non-hydrogen) atoms. The minimum absolute atomic E-state index is 0.0523. The van der Waals surface area contributed by atoms with Crippen molar-refractivity contribution in [1.29, 1.82) is 0 Å². The molecule has 0 atom stereocenters. The van der Waals surface area contributed by atoms with Crippen LogP contribution in [0.3, 0.4) is 0 Å².